The number of primary amides is 1. The van der Waals surface area contributed by atoms with Crippen LogP contribution in [0.3, 0.4) is 0 Å². The lowest BCUT2D eigenvalue weighted by atomic mass is 9.96. The molecule has 0 aromatic carbocycles. The highest BCUT2D eigenvalue weighted by atomic mass is 16.1. The summed E-state index contributed by atoms with van der Waals surface area (Å²) in [6, 6.07) is 5.74. The predicted octanol–water partition coefficient (Wildman–Crippen LogP) is 1.02. The summed E-state index contributed by atoms with van der Waals surface area (Å²) in [5, 5.41) is 8.82. The fourth-order valence-corrected chi connectivity index (χ4v) is 2.99. The zero-order chi connectivity index (χ0) is 16.2. The lowest BCUT2D eigenvalue weighted by molar-refractivity contribution is -0.118. The van der Waals surface area contributed by atoms with Gasteiger partial charge in [0, 0.05) is 37.6 Å². The molecule has 0 bridgehead atoms. The third kappa shape index (κ3) is 3.31. The van der Waals surface area contributed by atoms with Gasteiger partial charge in [0.2, 0.25) is 5.91 Å². The molecule has 2 aromatic heterocycles. The van der Waals surface area contributed by atoms with Gasteiger partial charge in [-0.2, -0.15) is 5.26 Å². The maximum Gasteiger partial charge on any atom is 0.237 e. The first-order valence-electron chi connectivity index (χ1n) is 7.58. The van der Waals surface area contributed by atoms with Gasteiger partial charge >= 0.3 is 0 Å². The molecule has 0 atom stereocenters. The van der Waals surface area contributed by atoms with E-state index in [2.05, 4.69) is 20.9 Å². The van der Waals surface area contributed by atoms with Crippen molar-refractivity contribution in [2.45, 2.75) is 25.3 Å². The second-order valence-corrected chi connectivity index (χ2v) is 5.66. The van der Waals surface area contributed by atoms with Crippen LogP contribution in [0.15, 0.2) is 30.7 Å². The number of anilines is 1. The number of piperidine rings is 1. The fraction of sp³-hybridized carbons (Fsp3) is 0.375. The maximum atomic E-state index is 11.1. The summed E-state index contributed by atoms with van der Waals surface area (Å²) in [6.45, 7) is 1.91. The highest BCUT2D eigenvalue weighted by molar-refractivity contribution is 5.73. The molecule has 118 valence electrons. The van der Waals surface area contributed by atoms with Crippen molar-refractivity contribution < 1.29 is 4.79 Å². The number of amides is 1. The first-order chi connectivity index (χ1) is 11.2. The summed E-state index contributed by atoms with van der Waals surface area (Å²) in [7, 11) is 0. The summed E-state index contributed by atoms with van der Waals surface area (Å²) in [5.41, 5.74) is 5.84. The molecule has 3 heterocycles. The van der Waals surface area contributed by atoms with Crippen molar-refractivity contribution in [3.05, 3.63) is 42.1 Å². The summed E-state index contributed by atoms with van der Waals surface area (Å²) >= 11 is 0. The van der Waals surface area contributed by atoms with Crippen LogP contribution in [-0.2, 0) is 11.3 Å². The lowest BCUT2D eigenvalue weighted by Crippen LogP contribution is -2.34. The van der Waals surface area contributed by atoms with Gasteiger partial charge in [0.05, 0.1) is 5.56 Å². The zero-order valence-electron chi connectivity index (χ0n) is 12.7. The van der Waals surface area contributed by atoms with Gasteiger partial charge in [-0.05, 0) is 25.0 Å². The van der Waals surface area contributed by atoms with E-state index in [1.165, 1.54) is 0 Å². The largest absolute Gasteiger partial charge is 0.368 e. The van der Waals surface area contributed by atoms with E-state index in [9.17, 15) is 4.79 Å². The van der Waals surface area contributed by atoms with Crippen LogP contribution in [0.2, 0.25) is 0 Å². The Morgan fingerprint density at radius 2 is 2.13 bits per heavy atom. The first kappa shape index (κ1) is 15.0. The number of nitrogens with zero attached hydrogens (tertiary/aromatic N) is 5. The van der Waals surface area contributed by atoms with Crippen LogP contribution in [0, 0.1) is 11.3 Å². The highest BCUT2D eigenvalue weighted by Gasteiger charge is 2.24. The number of nitrogens with two attached hydrogens (primary N) is 1. The Bertz CT molecular complexity index is 722. The van der Waals surface area contributed by atoms with E-state index in [4.69, 9.17) is 11.0 Å². The Balaban J connectivity index is 1.65. The molecule has 0 spiro atoms. The van der Waals surface area contributed by atoms with Crippen molar-refractivity contribution in [1.29, 1.82) is 5.26 Å². The van der Waals surface area contributed by atoms with Gasteiger partial charge in [0.15, 0.2) is 0 Å². The van der Waals surface area contributed by atoms with Crippen LogP contribution in [-0.4, -0.2) is 33.5 Å². The van der Waals surface area contributed by atoms with Crippen molar-refractivity contribution in [2.24, 2.45) is 5.73 Å². The van der Waals surface area contributed by atoms with Gasteiger partial charge in [-0.3, -0.25) is 4.79 Å². The van der Waals surface area contributed by atoms with Crippen molar-refractivity contribution in [3.8, 4) is 6.07 Å². The van der Waals surface area contributed by atoms with Crippen LogP contribution in [0.4, 0.5) is 5.82 Å². The molecule has 1 saturated heterocycles. The van der Waals surface area contributed by atoms with Gasteiger partial charge in [-0.25, -0.2) is 9.97 Å². The van der Waals surface area contributed by atoms with Crippen LogP contribution in [0.1, 0.15) is 30.1 Å². The van der Waals surface area contributed by atoms with Crippen molar-refractivity contribution in [2.75, 3.05) is 18.0 Å². The van der Waals surface area contributed by atoms with Gasteiger partial charge in [-0.15, -0.1) is 0 Å². The Morgan fingerprint density at radius 3 is 2.74 bits per heavy atom. The van der Waals surface area contributed by atoms with E-state index in [1.807, 2.05) is 10.6 Å². The SMILES string of the molecule is N#Cc1ccc(N2CCC(c3nccn3CC(N)=O)CC2)nc1. The van der Waals surface area contributed by atoms with E-state index in [0.717, 1.165) is 37.6 Å². The molecule has 7 nitrogen and oxygen atoms in total. The first-order valence-corrected chi connectivity index (χ1v) is 7.58. The molecule has 2 aromatic rings. The molecule has 2 N–H and O–H groups in total. The molecule has 0 saturated carbocycles. The average Bonchev–Trinajstić information content (AvgIpc) is 3.02. The molecular formula is C16H18N6O. The topological polar surface area (TPSA) is 101 Å². The number of carbonyl (C=O) groups is 1. The number of aromatic nitrogens is 3. The minimum atomic E-state index is -0.358. The predicted molar refractivity (Wildman–Crippen MR) is 84.6 cm³/mol. The molecule has 0 radical (unpaired) electrons. The van der Waals surface area contributed by atoms with E-state index < -0.39 is 0 Å². The average molecular weight is 310 g/mol. The quantitative estimate of drug-likeness (QED) is 0.908. The maximum absolute atomic E-state index is 11.1. The molecule has 3 rings (SSSR count). The normalized spacial score (nSPS) is 15.3. The number of hydrogen-bond acceptors (Lipinski definition) is 5. The van der Waals surface area contributed by atoms with Crippen LogP contribution in [0.25, 0.3) is 0 Å². The molecule has 7 heteroatoms. The van der Waals surface area contributed by atoms with Crippen LogP contribution in [0.5, 0.6) is 0 Å². The summed E-state index contributed by atoms with van der Waals surface area (Å²) in [5.74, 6) is 1.78. The summed E-state index contributed by atoms with van der Waals surface area (Å²) < 4.78 is 1.84. The lowest BCUT2D eigenvalue weighted by Gasteiger charge is -2.32. The van der Waals surface area contributed by atoms with Crippen LogP contribution >= 0.6 is 0 Å². The molecule has 1 aliphatic heterocycles. The second-order valence-electron chi connectivity index (χ2n) is 5.66. The van der Waals surface area contributed by atoms with E-state index in [0.29, 0.717) is 11.5 Å². The molecule has 0 aliphatic carbocycles. The number of hydrogen-bond donors (Lipinski definition) is 1. The standard InChI is InChI=1S/C16H18N6O/c17-9-12-1-2-15(20-10-12)21-6-3-13(4-7-21)16-19-5-8-22(16)11-14(18)23/h1-2,5,8,10,13H,3-4,6-7,11H2,(H2,18,23). The third-order valence-corrected chi connectivity index (χ3v) is 4.13. The fourth-order valence-electron chi connectivity index (χ4n) is 2.99. The minimum Gasteiger partial charge on any atom is -0.368 e. The second kappa shape index (κ2) is 6.48. The Morgan fingerprint density at radius 1 is 1.35 bits per heavy atom. The van der Waals surface area contributed by atoms with Gasteiger partial charge in [0.25, 0.3) is 0 Å². The zero-order valence-corrected chi connectivity index (χ0v) is 12.7. The molecule has 1 fully saturated rings. The Kier molecular flexibility index (Phi) is 4.24. The summed E-state index contributed by atoms with van der Waals surface area (Å²) in [4.78, 5) is 22.1. The van der Waals surface area contributed by atoms with E-state index >= 15 is 0 Å². The van der Waals surface area contributed by atoms with Crippen LogP contribution < -0.4 is 10.6 Å². The number of nitriles is 1. The molecule has 1 aliphatic rings. The molecular weight excluding hydrogens is 292 g/mol. The van der Waals surface area contributed by atoms with E-state index in [-0.39, 0.29) is 12.5 Å². The molecule has 23 heavy (non-hydrogen) atoms. The number of carbonyl (C=O) groups excluding carboxylic acids is 1. The van der Waals surface area contributed by atoms with Crippen molar-refractivity contribution in [1.82, 2.24) is 14.5 Å². The Hall–Kier alpha value is -2.88. The van der Waals surface area contributed by atoms with Gasteiger partial charge < -0.3 is 15.2 Å². The van der Waals surface area contributed by atoms with Gasteiger partial charge in [0.1, 0.15) is 24.3 Å². The van der Waals surface area contributed by atoms with Crippen molar-refractivity contribution in [3.63, 3.8) is 0 Å². The smallest absolute Gasteiger partial charge is 0.237 e. The highest BCUT2D eigenvalue weighted by Crippen LogP contribution is 2.28. The van der Waals surface area contributed by atoms with E-state index in [1.54, 1.807) is 24.7 Å². The number of imidazole rings is 1. The Labute approximate surface area is 134 Å². The number of pyridine rings is 1. The minimum absolute atomic E-state index is 0.173. The molecule has 0 unspecified atom stereocenters. The van der Waals surface area contributed by atoms with Gasteiger partial charge in [-0.1, -0.05) is 0 Å². The monoisotopic (exact) mass is 310 g/mol. The number of rotatable bonds is 4. The third-order valence-electron chi connectivity index (χ3n) is 4.13. The summed E-state index contributed by atoms with van der Waals surface area (Å²) in [6.07, 6.45) is 7.00. The molecule has 1 amide bonds. The van der Waals surface area contributed by atoms with Crippen molar-refractivity contribution >= 4 is 11.7 Å².